The molecule has 0 unspecified atom stereocenters. The fraction of sp³-hybridized carbons (Fsp3) is 0.500. The normalized spacial score (nSPS) is 17.0. The van der Waals surface area contributed by atoms with Crippen molar-refractivity contribution >= 4 is 27.2 Å². The van der Waals surface area contributed by atoms with Crippen molar-refractivity contribution < 1.29 is 9.90 Å². The predicted octanol–water partition coefficient (Wildman–Crippen LogP) is 2.39. The van der Waals surface area contributed by atoms with Gasteiger partial charge in [0.15, 0.2) is 5.78 Å². The van der Waals surface area contributed by atoms with Crippen molar-refractivity contribution in [2.24, 2.45) is 0 Å². The molecule has 2 heterocycles. The summed E-state index contributed by atoms with van der Waals surface area (Å²) in [5.41, 5.74) is 1.13. The highest BCUT2D eigenvalue weighted by atomic mass is 32.1. The van der Waals surface area contributed by atoms with Gasteiger partial charge in [0.2, 0.25) is 0 Å². The zero-order valence-electron chi connectivity index (χ0n) is 13.6. The minimum absolute atomic E-state index is 0.226. The summed E-state index contributed by atoms with van der Waals surface area (Å²) < 4.78 is 1.20. The number of Topliss-reactive ketones (excluding diaryl/α,β-unsaturated/α-hetero) is 1. The Labute approximate surface area is 141 Å². The van der Waals surface area contributed by atoms with E-state index in [0.29, 0.717) is 6.42 Å². The van der Waals surface area contributed by atoms with Crippen LogP contribution in [0.4, 0.5) is 0 Å². The molecule has 1 fully saturated rings. The van der Waals surface area contributed by atoms with Crippen LogP contribution < -0.4 is 0 Å². The molecule has 1 N–H and O–H groups in total. The minimum atomic E-state index is 0.226. The van der Waals surface area contributed by atoms with E-state index in [4.69, 9.17) is 5.11 Å². The van der Waals surface area contributed by atoms with Crippen LogP contribution in [0.3, 0.4) is 0 Å². The average Bonchev–Trinajstić information content (AvgIpc) is 2.92. The average molecular weight is 332 g/mol. The summed E-state index contributed by atoms with van der Waals surface area (Å²) in [6.07, 6.45) is 0.591. The van der Waals surface area contributed by atoms with Gasteiger partial charge in [0.25, 0.3) is 0 Å². The predicted molar refractivity (Wildman–Crippen MR) is 95.5 cm³/mol. The van der Waals surface area contributed by atoms with Crippen LogP contribution in [-0.4, -0.2) is 66.6 Å². The molecular weight excluding hydrogens is 308 g/mol. The molecular formula is C18H24N2O2S. The Morgan fingerprint density at radius 1 is 1.13 bits per heavy atom. The largest absolute Gasteiger partial charge is 0.395 e. The molecule has 23 heavy (non-hydrogen) atoms. The van der Waals surface area contributed by atoms with Crippen LogP contribution in [0.25, 0.3) is 10.1 Å². The van der Waals surface area contributed by atoms with E-state index in [1.54, 1.807) is 11.3 Å². The van der Waals surface area contributed by atoms with Crippen LogP contribution in [0.5, 0.6) is 0 Å². The fourth-order valence-corrected chi connectivity index (χ4v) is 4.37. The minimum Gasteiger partial charge on any atom is -0.395 e. The van der Waals surface area contributed by atoms with Crippen LogP contribution in [0.1, 0.15) is 21.7 Å². The first-order valence-electron chi connectivity index (χ1n) is 8.26. The summed E-state index contributed by atoms with van der Waals surface area (Å²) in [5.74, 6) is 0.265. The van der Waals surface area contributed by atoms with E-state index in [1.165, 1.54) is 10.1 Å². The molecule has 0 spiro atoms. The Kier molecular flexibility index (Phi) is 5.43. The number of piperazine rings is 1. The smallest absolute Gasteiger partial charge is 0.174 e. The lowest BCUT2D eigenvalue weighted by molar-refractivity contribution is 0.0910. The second-order valence-electron chi connectivity index (χ2n) is 6.13. The van der Waals surface area contributed by atoms with Crippen molar-refractivity contribution in [3.05, 3.63) is 34.7 Å². The molecule has 1 aromatic heterocycles. The van der Waals surface area contributed by atoms with Gasteiger partial charge in [0.1, 0.15) is 0 Å². The van der Waals surface area contributed by atoms with Crippen LogP contribution in [0.15, 0.2) is 24.3 Å². The third-order valence-electron chi connectivity index (χ3n) is 4.63. The number of aliphatic hydroxyl groups excluding tert-OH is 1. The molecule has 3 rings (SSSR count). The van der Waals surface area contributed by atoms with Gasteiger partial charge in [-0.3, -0.25) is 9.69 Å². The molecule has 2 aromatic rings. The van der Waals surface area contributed by atoms with E-state index in [9.17, 15) is 4.79 Å². The van der Waals surface area contributed by atoms with Gasteiger partial charge in [-0.15, -0.1) is 11.3 Å². The maximum atomic E-state index is 12.6. The number of aliphatic hydroxyl groups is 1. The highest BCUT2D eigenvalue weighted by Crippen LogP contribution is 2.31. The quantitative estimate of drug-likeness (QED) is 0.825. The first-order chi connectivity index (χ1) is 11.2. The van der Waals surface area contributed by atoms with Crippen molar-refractivity contribution in [3.63, 3.8) is 0 Å². The second-order valence-corrected chi connectivity index (χ2v) is 7.18. The van der Waals surface area contributed by atoms with E-state index in [0.717, 1.165) is 49.7 Å². The highest BCUT2D eigenvalue weighted by Gasteiger charge is 2.19. The Bertz CT molecular complexity index is 675. The third kappa shape index (κ3) is 3.80. The number of β-amino-alcohol motifs (C(OH)–C–C–N with tert-alkyl or cyclic N) is 1. The number of rotatable bonds is 6. The Morgan fingerprint density at radius 3 is 2.43 bits per heavy atom. The summed E-state index contributed by atoms with van der Waals surface area (Å²) in [6.45, 7) is 7.81. The maximum absolute atomic E-state index is 12.6. The van der Waals surface area contributed by atoms with Crippen molar-refractivity contribution in [2.75, 3.05) is 45.9 Å². The van der Waals surface area contributed by atoms with Crippen LogP contribution >= 0.6 is 11.3 Å². The van der Waals surface area contributed by atoms with Crippen LogP contribution in [0.2, 0.25) is 0 Å². The number of fused-ring (bicyclic) bond motifs is 1. The number of hydrogen-bond acceptors (Lipinski definition) is 5. The molecule has 0 aliphatic carbocycles. The van der Waals surface area contributed by atoms with Crippen molar-refractivity contribution in [1.82, 2.24) is 9.80 Å². The van der Waals surface area contributed by atoms with E-state index < -0.39 is 0 Å². The van der Waals surface area contributed by atoms with Crippen LogP contribution in [0, 0.1) is 6.92 Å². The Morgan fingerprint density at radius 2 is 1.78 bits per heavy atom. The number of carbonyl (C=O) groups excluding carboxylic acids is 1. The number of carbonyl (C=O) groups is 1. The lowest BCUT2D eigenvalue weighted by atomic mass is 10.1. The van der Waals surface area contributed by atoms with Gasteiger partial charge in [-0.05, 0) is 23.9 Å². The van der Waals surface area contributed by atoms with Gasteiger partial charge < -0.3 is 10.0 Å². The van der Waals surface area contributed by atoms with Crippen molar-refractivity contribution in [3.8, 4) is 0 Å². The van der Waals surface area contributed by atoms with E-state index in [2.05, 4.69) is 28.9 Å². The van der Waals surface area contributed by atoms with Gasteiger partial charge in [0.05, 0.1) is 11.5 Å². The molecule has 1 aromatic carbocycles. The zero-order valence-corrected chi connectivity index (χ0v) is 14.4. The number of aryl methyl sites for hydroxylation is 1. The monoisotopic (exact) mass is 332 g/mol. The fourth-order valence-electron chi connectivity index (χ4n) is 3.19. The molecule has 0 bridgehead atoms. The maximum Gasteiger partial charge on any atom is 0.174 e. The number of hydrogen-bond donors (Lipinski definition) is 1. The summed E-state index contributed by atoms with van der Waals surface area (Å²) in [6, 6.07) is 8.24. The first-order valence-corrected chi connectivity index (χ1v) is 9.07. The van der Waals surface area contributed by atoms with E-state index in [-0.39, 0.29) is 12.4 Å². The molecule has 0 atom stereocenters. The summed E-state index contributed by atoms with van der Waals surface area (Å²) >= 11 is 1.62. The van der Waals surface area contributed by atoms with E-state index >= 15 is 0 Å². The molecule has 1 saturated heterocycles. The molecule has 1 aliphatic heterocycles. The summed E-state index contributed by atoms with van der Waals surface area (Å²) in [4.78, 5) is 18.1. The molecule has 0 amide bonds. The number of ketones is 1. The lowest BCUT2D eigenvalue weighted by Crippen LogP contribution is -2.47. The molecule has 124 valence electrons. The van der Waals surface area contributed by atoms with Gasteiger partial charge in [-0.1, -0.05) is 18.2 Å². The summed E-state index contributed by atoms with van der Waals surface area (Å²) in [5, 5.41) is 10.2. The standard InChI is InChI=1S/C18H24N2O2S/c1-14-15-4-2-3-5-17(15)23-18(14)16(22)6-7-19-8-10-20(11-9-19)12-13-21/h2-5,21H,6-13H2,1H3. The molecule has 5 heteroatoms. The molecule has 1 aliphatic rings. The molecule has 0 saturated carbocycles. The molecule has 4 nitrogen and oxygen atoms in total. The SMILES string of the molecule is Cc1c(C(=O)CCN2CCN(CCO)CC2)sc2ccccc12. The Hall–Kier alpha value is -1.27. The van der Waals surface area contributed by atoms with Crippen molar-refractivity contribution in [1.29, 1.82) is 0 Å². The Balaban J connectivity index is 1.56. The van der Waals surface area contributed by atoms with Gasteiger partial charge in [0, 0.05) is 50.4 Å². The topological polar surface area (TPSA) is 43.8 Å². The number of thiophene rings is 1. The highest BCUT2D eigenvalue weighted by molar-refractivity contribution is 7.21. The number of benzene rings is 1. The van der Waals surface area contributed by atoms with E-state index in [1.807, 2.05) is 12.1 Å². The van der Waals surface area contributed by atoms with Gasteiger partial charge in [-0.2, -0.15) is 0 Å². The van der Waals surface area contributed by atoms with Crippen LogP contribution in [-0.2, 0) is 0 Å². The van der Waals surface area contributed by atoms with Gasteiger partial charge in [-0.25, -0.2) is 0 Å². The van der Waals surface area contributed by atoms with Crippen molar-refractivity contribution in [2.45, 2.75) is 13.3 Å². The zero-order chi connectivity index (χ0) is 16.2. The number of nitrogens with zero attached hydrogens (tertiary/aromatic N) is 2. The second kappa shape index (κ2) is 7.53. The first kappa shape index (κ1) is 16.6. The summed E-state index contributed by atoms with van der Waals surface area (Å²) in [7, 11) is 0. The molecule has 0 radical (unpaired) electrons. The lowest BCUT2D eigenvalue weighted by Gasteiger charge is -2.34. The van der Waals surface area contributed by atoms with Gasteiger partial charge >= 0.3 is 0 Å². The third-order valence-corrected chi connectivity index (χ3v) is 5.95.